The summed E-state index contributed by atoms with van der Waals surface area (Å²) in [5.74, 6) is 0.896. The van der Waals surface area contributed by atoms with Crippen LogP contribution >= 0.6 is 12.2 Å². The molecule has 4 heteroatoms. The lowest BCUT2D eigenvalue weighted by Crippen LogP contribution is -2.30. The molecule has 0 atom stereocenters. The molecule has 0 saturated heterocycles. The highest BCUT2D eigenvalue weighted by Crippen LogP contribution is 2.35. The summed E-state index contributed by atoms with van der Waals surface area (Å²) in [7, 11) is 0. The molecular formula is C15H23N3S. The molecule has 1 aromatic rings. The van der Waals surface area contributed by atoms with Gasteiger partial charge in [0.05, 0.1) is 0 Å². The summed E-state index contributed by atoms with van der Waals surface area (Å²) in [5.41, 5.74) is 8.02. The Morgan fingerprint density at radius 2 is 2.00 bits per heavy atom. The molecule has 0 radical (unpaired) electrons. The van der Waals surface area contributed by atoms with Crippen molar-refractivity contribution in [2.45, 2.75) is 52.5 Å². The van der Waals surface area contributed by atoms with Crippen molar-refractivity contribution in [2.75, 3.05) is 5.32 Å². The fourth-order valence-corrected chi connectivity index (χ4v) is 2.76. The molecule has 1 fully saturated rings. The highest BCUT2D eigenvalue weighted by Gasteiger charge is 2.26. The number of nitrogens with two attached hydrogens (primary N) is 1. The van der Waals surface area contributed by atoms with Crippen LogP contribution < -0.4 is 11.1 Å². The van der Waals surface area contributed by atoms with Gasteiger partial charge in [-0.15, -0.1) is 0 Å². The van der Waals surface area contributed by atoms with Gasteiger partial charge in [0.25, 0.3) is 0 Å². The van der Waals surface area contributed by atoms with E-state index < -0.39 is 0 Å². The Morgan fingerprint density at radius 1 is 1.37 bits per heavy atom. The molecule has 2 rings (SSSR count). The number of thiocarbonyl (C=S) groups is 1. The van der Waals surface area contributed by atoms with E-state index >= 15 is 0 Å². The van der Waals surface area contributed by atoms with Crippen molar-refractivity contribution >= 4 is 23.0 Å². The zero-order valence-electron chi connectivity index (χ0n) is 12.0. The molecule has 0 aliphatic heterocycles. The first-order chi connectivity index (χ1) is 8.85. The maximum atomic E-state index is 5.70. The molecule has 1 aliphatic rings. The van der Waals surface area contributed by atoms with Crippen LogP contribution in [0.1, 0.15) is 50.8 Å². The summed E-state index contributed by atoms with van der Waals surface area (Å²) in [4.78, 5) is 4.95. The van der Waals surface area contributed by atoms with Crippen molar-refractivity contribution in [3.63, 3.8) is 0 Å². The molecule has 1 aliphatic carbocycles. The molecule has 0 aromatic carbocycles. The maximum absolute atomic E-state index is 5.70. The van der Waals surface area contributed by atoms with Crippen LogP contribution in [0.3, 0.4) is 0 Å². The van der Waals surface area contributed by atoms with Gasteiger partial charge in [0, 0.05) is 17.3 Å². The van der Waals surface area contributed by atoms with Gasteiger partial charge in [-0.3, -0.25) is 0 Å². The van der Waals surface area contributed by atoms with Gasteiger partial charge in [0.2, 0.25) is 0 Å². The third-order valence-corrected chi connectivity index (χ3v) is 4.16. The molecule has 0 unspecified atom stereocenters. The van der Waals surface area contributed by atoms with E-state index in [1.165, 1.54) is 25.7 Å². The molecule has 19 heavy (non-hydrogen) atoms. The molecule has 3 nitrogen and oxygen atoms in total. The first-order valence-corrected chi connectivity index (χ1v) is 7.32. The van der Waals surface area contributed by atoms with Gasteiger partial charge in [-0.2, -0.15) is 0 Å². The quantitative estimate of drug-likeness (QED) is 0.831. The predicted molar refractivity (Wildman–Crippen MR) is 84.5 cm³/mol. The molecule has 1 aromatic heterocycles. The van der Waals surface area contributed by atoms with E-state index in [4.69, 9.17) is 18.0 Å². The molecule has 1 saturated carbocycles. The number of aryl methyl sites for hydroxylation is 1. The van der Waals surface area contributed by atoms with Gasteiger partial charge in [-0.1, -0.05) is 26.1 Å². The second-order valence-corrected chi connectivity index (χ2v) is 6.77. The average Bonchev–Trinajstić information content (AvgIpc) is 2.31. The summed E-state index contributed by atoms with van der Waals surface area (Å²) in [6.07, 6.45) is 4.92. The molecule has 0 bridgehead atoms. The van der Waals surface area contributed by atoms with E-state index in [2.05, 4.69) is 24.1 Å². The van der Waals surface area contributed by atoms with E-state index in [1.54, 1.807) is 0 Å². The van der Waals surface area contributed by atoms with Gasteiger partial charge in [-0.25, -0.2) is 4.98 Å². The highest BCUT2D eigenvalue weighted by molar-refractivity contribution is 7.80. The van der Waals surface area contributed by atoms with Crippen molar-refractivity contribution in [3.8, 4) is 0 Å². The van der Waals surface area contributed by atoms with Crippen LogP contribution in [-0.2, 0) is 0 Å². The number of anilines is 1. The second-order valence-electron chi connectivity index (χ2n) is 6.33. The Labute approximate surface area is 121 Å². The largest absolute Gasteiger partial charge is 0.389 e. The first kappa shape index (κ1) is 14.3. The van der Waals surface area contributed by atoms with Crippen LogP contribution in [0.4, 0.5) is 5.82 Å². The average molecular weight is 277 g/mol. The Kier molecular flexibility index (Phi) is 4.09. The van der Waals surface area contributed by atoms with E-state index in [0.717, 1.165) is 17.1 Å². The van der Waals surface area contributed by atoms with Crippen molar-refractivity contribution in [3.05, 3.63) is 23.4 Å². The molecular weight excluding hydrogens is 254 g/mol. The van der Waals surface area contributed by atoms with E-state index in [-0.39, 0.29) is 0 Å². The van der Waals surface area contributed by atoms with Gasteiger partial charge in [-0.05, 0) is 50.2 Å². The Hall–Kier alpha value is -1.16. The summed E-state index contributed by atoms with van der Waals surface area (Å²) in [6, 6.07) is 4.40. The van der Waals surface area contributed by atoms with Gasteiger partial charge >= 0.3 is 0 Å². The molecule has 3 N–H and O–H groups in total. The van der Waals surface area contributed by atoms with Crippen LogP contribution in [-0.4, -0.2) is 16.0 Å². The molecule has 1 heterocycles. The lowest BCUT2D eigenvalue weighted by Gasteiger charge is -2.34. The minimum atomic E-state index is 0.429. The number of pyridine rings is 1. The molecule has 104 valence electrons. The highest BCUT2D eigenvalue weighted by atomic mass is 32.1. The first-order valence-electron chi connectivity index (χ1n) is 6.91. The minimum Gasteiger partial charge on any atom is -0.389 e. The van der Waals surface area contributed by atoms with E-state index in [1.807, 2.05) is 19.1 Å². The molecule has 0 spiro atoms. The zero-order chi connectivity index (χ0) is 14.0. The van der Waals surface area contributed by atoms with Crippen LogP contribution in [0.25, 0.3) is 0 Å². The number of nitrogens with one attached hydrogen (secondary N) is 1. The van der Waals surface area contributed by atoms with Gasteiger partial charge in [0.15, 0.2) is 0 Å². The van der Waals surface area contributed by atoms with Crippen LogP contribution in [0.15, 0.2) is 12.1 Å². The summed E-state index contributed by atoms with van der Waals surface area (Å²) >= 11 is 5.04. The second kappa shape index (κ2) is 5.45. The Bertz CT molecular complexity index is 472. The van der Waals surface area contributed by atoms with E-state index in [0.29, 0.717) is 16.4 Å². The van der Waals surface area contributed by atoms with Gasteiger partial charge in [0.1, 0.15) is 10.8 Å². The third kappa shape index (κ3) is 3.90. The minimum absolute atomic E-state index is 0.429. The SMILES string of the molecule is Cc1cc(C(N)=S)cc(NC2CCC(C)(C)CC2)n1. The van der Waals surface area contributed by atoms with Crippen LogP contribution in [0.2, 0.25) is 0 Å². The predicted octanol–water partition coefficient (Wildman–Crippen LogP) is 3.40. The number of nitrogens with zero attached hydrogens (tertiary/aromatic N) is 1. The number of hydrogen-bond donors (Lipinski definition) is 2. The lowest BCUT2D eigenvalue weighted by molar-refractivity contribution is 0.232. The van der Waals surface area contributed by atoms with Crippen molar-refractivity contribution < 1.29 is 0 Å². The summed E-state index contributed by atoms with van der Waals surface area (Å²) in [6.45, 7) is 6.66. The van der Waals surface area contributed by atoms with Crippen molar-refractivity contribution in [2.24, 2.45) is 11.1 Å². The fraction of sp³-hybridized carbons (Fsp3) is 0.600. The zero-order valence-corrected chi connectivity index (χ0v) is 12.8. The number of hydrogen-bond acceptors (Lipinski definition) is 3. The molecule has 0 amide bonds. The number of rotatable bonds is 3. The Morgan fingerprint density at radius 3 is 2.58 bits per heavy atom. The van der Waals surface area contributed by atoms with Crippen molar-refractivity contribution in [1.29, 1.82) is 0 Å². The summed E-state index contributed by atoms with van der Waals surface area (Å²) < 4.78 is 0. The lowest BCUT2D eigenvalue weighted by atomic mass is 9.75. The monoisotopic (exact) mass is 277 g/mol. The maximum Gasteiger partial charge on any atom is 0.127 e. The fourth-order valence-electron chi connectivity index (χ4n) is 2.64. The standard InChI is InChI=1S/C15H23N3S/c1-10-8-11(14(16)19)9-13(17-10)18-12-4-6-15(2,3)7-5-12/h8-9,12H,4-7H2,1-3H3,(H2,16,19)(H,17,18). The topological polar surface area (TPSA) is 50.9 Å². The van der Waals surface area contributed by atoms with Crippen LogP contribution in [0, 0.1) is 12.3 Å². The normalized spacial score (nSPS) is 19.1. The van der Waals surface area contributed by atoms with Crippen molar-refractivity contribution in [1.82, 2.24) is 4.98 Å². The third-order valence-electron chi connectivity index (χ3n) is 3.93. The smallest absolute Gasteiger partial charge is 0.127 e. The summed E-state index contributed by atoms with van der Waals surface area (Å²) in [5, 5.41) is 3.53. The Balaban J connectivity index is 2.05. The van der Waals surface area contributed by atoms with Crippen LogP contribution in [0.5, 0.6) is 0 Å². The number of aromatic nitrogens is 1. The van der Waals surface area contributed by atoms with Gasteiger partial charge < -0.3 is 11.1 Å². The van der Waals surface area contributed by atoms with E-state index in [9.17, 15) is 0 Å².